The Kier molecular flexibility index (Phi) is 3.90. The number of piperidine rings is 1. The third-order valence-electron chi connectivity index (χ3n) is 4.11. The molecule has 104 valence electrons. The molecule has 1 aromatic carbocycles. The number of aryl methyl sites for hydroxylation is 1. The summed E-state index contributed by atoms with van der Waals surface area (Å²) in [5.74, 6) is -0.623. The van der Waals surface area contributed by atoms with Gasteiger partial charge in [-0.2, -0.15) is 0 Å². The predicted octanol–water partition coefficient (Wildman–Crippen LogP) is 2.35. The number of carbonyl (C=O) groups is 1. The van der Waals surface area contributed by atoms with Crippen molar-refractivity contribution in [2.45, 2.75) is 32.2 Å². The number of amides is 1. The van der Waals surface area contributed by atoms with Gasteiger partial charge >= 0.3 is 0 Å². The lowest BCUT2D eigenvalue weighted by Crippen LogP contribution is -2.51. The van der Waals surface area contributed by atoms with E-state index in [1.165, 1.54) is 6.07 Å². The molecule has 1 N–H and O–H groups in total. The smallest absolute Gasteiger partial charge is 0.256 e. The molecule has 3 nitrogen and oxygen atoms in total. The SMILES string of the molecule is CNC1(C)CCN(C(=O)c2ccc(C)cc2F)CC1. The normalized spacial score (nSPS) is 18.4. The summed E-state index contributed by atoms with van der Waals surface area (Å²) in [5.41, 5.74) is 1.09. The molecule has 19 heavy (non-hydrogen) atoms. The van der Waals surface area contributed by atoms with Gasteiger partial charge in [-0.25, -0.2) is 4.39 Å². The van der Waals surface area contributed by atoms with E-state index in [0.29, 0.717) is 13.1 Å². The number of carbonyl (C=O) groups excluding carboxylic acids is 1. The molecule has 0 atom stereocenters. The predicted molar refractivity (Wildman–Crippen MR) is 73.7 cm³/mol. The van der Waals surface area contributed by atoms with Gasteiger partial charge in [0.1, 0.15) is 5.82 Å². The van der Waals surface area contributed by atoms with Crippen molar-refractivity contribution in [3.8, 4) is 0 Å². The molecule has 0 bridgehead atoms. The number of nitrogens with one attached hydrogen (secondary N) is 1. The van der Waals surface area contributed by atoms with Crippen LogP contribution in [0.1, 0.15) is 35.7 Å². The summed E-state index contributed by atoms with van der Waals surface area (Å²) >= 11 is 0. The molecule has 1 heterocycles. The topological polar surface area (TPSA) is 32.3 Å². The lowest BCUT2D eigenvalue weighted by atomic mass is 9.89. The first-order chi connectivity index (χ1) is 8.95. The first kappa shape index (κ1) is 14.0. The molecule has 4 heteroatoms. The molecule has 0 aromatic heterocycles. The number of hydrogen-bond acceptors (Lipinski definition) is 2. The summed E-state index contributed by atoms with van der Waals surface area (Å²) in [6, 6.07) is 4.77. The Morgan fingerprint density at radius 3 is 2.53 bits per heavy atom. The summed E-state index contributed by atoms with van der Waals surface area (Å²) in [6.45, 7) is 5.31. The minimum absolute atomic E-state index is 0.0859. The fourth-order valence-corrected chi connectivity index (χ4v) is 2.42. The third kappa shape index (κ3) is 2.95. The highest BCUT2D eigenvalue weighted by Gasteiger charge is 2.31. The number of benzene rings is 1. The molecule has 0 saturated carbocycles. The van der Waals surface area contributed by atoms with Crippen LogP contribution < -0.4 is 5.32 Å². The maximum atomic E-state index is 13.8. The van der Waals surface area contributed by atoms with E-state index in [-0.39, 0.29) is 17.0 Å². The largest absolute Gasteiger partial charge is 0.338 e. The zero-order valence-electron chi connectivity index (χ0n) is 11.8. The molecular weight excluding hydrogens is 243 g/mol. The van der Waals surface area contributed by atoms with Crippen molar-refractivity contribution in [2.24, 2.45) is 0 Å². The van der Waals surface area contributed by atoms with Crippen molar-refractivity contribution >= 4 is 5.91 Å². The van der Waals surface area contributed by atoms with Crippen molar-refractivity contribution < 1.29 is 9.18 Å². The molecule has 1 amide bonds. The first-order valence-corrected chi connectivity index (χ1v) is 6.69. The zero-order chi connectivity index (χ0) is 14.0. The summed E-state index contributed by atoms with van der Waals surface area (Å²) in [4.78, 5) is 14.0. The molecule has 1 aromatic rings. The Morgan fingerprint density at radius 1 is 1.37 bits per heavy atom. The molecule has 1 fully saturated rings. The van der Waals surface area contributed by atoms with E-state index in [0.717, 1.165) is 18.4 Å². The molecule has 1 saturated heterocycles. The van der Waals surface area contributed by atoms with E-state index in [9.17, 15) is 9.18 Å². The van der Waals surface area contributed by atoms with E-state index in [1.54, 1.807) is 17.0 Å². The van der Waals surface area contributed by atoms with Crippen LogP contribution in [0.4, 0.5) is 4.39 Å². The second-order valence-corrected chi connectivity index (χ2v) is 5.59. The summed E-state index contributed by atoms with van der Waals surface area (Å²) in [6.07, 6.45) is 1.78. The van der Waals surface area contributed by atoms with Gasteiger partial charge in [0.05, 0.1) is 5.56 Å². The highest BCUT2D eigenvalue weighted by molar-refractivity contribution is 5.94. The molecule has 1 aliphatic heterocycles. The number of rotatable bonds is 2. The van der Waals surface area contributed by atoms with Crippen molar-refractivity contribution in [1.82, 2.24) is 10.2 Å². The standard InChI is InChI=1S/C15H21FN2O/c1-11-4-5-12(13(16)10-11)14(19)18-8-6-15(2,17-3)7-9-18/h4-5,10,17H,6-9H2,1-3H3. The van der Waals surface area contributed by atoms with Gasteiger partial charge in [0.2, 0.25) is 0 Å². The summed E-state index contributed by atoms with van der Waals surface area (Å²) < 4.78 is 13.8. The van der Waals surface area contributed by atoms with Crippen molar-refractivity contribution in [3.63, 3.8) is 0 Å². The third-order valence-corrected chi connectivity index (χ3v) is 4.11. The van der Waals surface area contributed by atoms with Crippen molar-refractivity contribution in [3.05, 3.63) is 35.1 Å². The summed E-state index contributed by atoms with van der Waals surface area (Å²) in [5, 5.41) is 3.29. The highest BCUT2D eigenvalue weighted by atomic mass is 19.1. The van der Waals surface area contributed by atoms with Gasteiger partial charge in [0, 0.05) is 18.6 Å². The number of likely N-dealkylation sites (tertiary alicyclic amines) is 1. The second kappa shape index (κ2) is 5.29. The van der Waals surface area contributed by atoms with Gasteiger partial charge < -0.3 is 10.2 Å². The van der Waals surface area contributed by atoms with Crippen LogP contribution in [-0.4, -0.2) is 36.5 Å². The average molecular weight is 264 g/mol. The Bertz CT molecular complexity index is 479. The van der Waals surface area contributed by atoms with Gasteiger partial charge in [-0.15, -0.1) is 0 Å². The van der Waals surface area contributed by atoms with Crippen LogP contribution in [0, 0.1) is 12.7 Å². The minimum Gasteiger partial charge on any atom is -0.338 e. The Labute approximate surface area is 113 Å². The highest BCUT2D eigenvalue weighted by Crippen LogP contribution is 2.23. The fraction of sp³-hybridized carbons (Fsp3) is 0.533. The van der Waals surface area contributed by atoms with E-state index >= 15 is 0 Å². The Balaban J connectivity index is 2.09. The average Bonchev–Trinajstić information content (AvgIpc) is 2.39. The Morgan fingerprint density at radius 2 is 2.00 bits per heavy atom. The van der Waals surface area contributed by atoms with Crippen LogP contribution in [-0.2, 0) is 0 Å². The molecule has 0 aliphatic carbocycles. The molecular formula is C15H21FN2O. The van der Waals surface area contributed by atoms with Crippen molar-refractivity contribution in [2.75, 3.05) is 20.1 Å². The second-order valence-electron chi connectivity index (χ2n) is 5.59. The minimum atomic E-state index is -0.424. The van der Waals surface area contributed by atoms with Gasteiger partial charge in [0.25, 0.3) is 5.91 Å². The molecule has 0 radical (unpaired) electrons. The summed E-state index contributed by atoms with van der Waals surface area (Å²) in [7, 11) is 1.94. The fourth-order valence-electron chi connectivity index (χ4n) is 2.42. The van der Waals surface area contributed by atoms with Gasteiger partial charge in [-0.1, -0.05) is 6.07 Å². The van der Waals surface area contributed by atoms with Crippen LogP contribution in [0.5, 0.6) is 0 Å². The Hall–Kier alpha value is -1.42. The zero-order valence-corrected chi connectivity index (χ0v) is 11.8. The number of halogens is 1. The monoisotopic (exact) mass is 264 g/mol. The maximum Gasteiger partial charge on any atom is 0.256 e. The number of nitrogens with zero attached hydrogens (tertiary/aromatic N) is 1. The van der Waals surface area contributed by atoms with Crippen molar-refractivity contribution in [1.29, 1.82) is 0 Å². The van der Waals surface area contributed by atoms with E-state index in [1.807, 2.05) is 14.0 Å². The quantitative estimate of drug-likeness (QED) is 0.889. The molecule has 1 aliphatic rings. The molecule has 2 rings (SSSR count). The first-order valence-electron chi connectivity index (χ1n) is 6.69. The van der Waals surface area contributed by atoms with Crippen LogP contribution in [0.25, 0.3) is 0 Å². The maximum absolute atomic E-state index is 13.8. The van der Waals surface area contributed by atoms with Gasteiger partial charge in [0.15, 0.2) is 0 Å². The van der Waals surface area contributed by atoms with Crippen LogP contribution in [0.2, 0.25) is 0 Å². The lowest BCUT2D eigenvalue weighted by molar-refractivity contribution is 0.0657. The van der Waals surface area contributed by atoms with E-state index in [4.69, 9.17) is 0 Å². The molecule has 0 unspecified atom stereocenters. The van der Waals surface area contributed by atoms with Gasteiger partial charge in [-0.3, -0.25) is 4.79 Å². The van der Waals surface area contributed by atoms with Crippen LogP contribution in [0.3, 0.4) is 0 Å². The molecule has 0 spiro atoms. The van der Waals surface area contributed by atoms with Crippen LogP contribution >= 0.6 is 0 Å². The lowest BCUT2D eigenvalue weighted by Gasteiger charge is -2.39. The van der Waals surface area contributed by atoms with Gasteiger partial charge in [-0.05, 0) is 51.4 Å². The number of hydrogen-bond donors (Lipinski definition) is 1. The van der Waals surface area contributed by atoms with E-state index in [2.05, 4.69) is 12.2 Å². The van der Waals surface area contributed by atoms with Crippen LogP contribution in [0.15, 0.2) is 18.2 Å². The van der Waals surface area contributed by atoms with E-state index < -0.39 is 5.82 Å².